The summed E-state index contributed by atoms with van der Waals surface area (Å²) in [6, 6.07) is 7.29. The van der Waals surface area contributed by atoms with Crippen molar-refractivity contribution in [2.24, 2.45) is 5.84 Å². The van der Waals surface area contributed by atoms with E-state index in [0.29, 0.717) is 18.1 Å². The van der Waals surface area contributed by atoms with Crippen LogP contribution in [-0.2, 0) is 0 Å². The van der Waals surface area contributed by atoms with Crippen LogP contribution in [0.15, 0.2) is 24.3 Å². The second kappa shape index (κ2) is 7.13. The van der Waals surface area contributed by atoms with Crippen molar-refractivity contribution >= 4 is 11.6 Å². The molecule has 0 amide bonds. The van der Waals surface area contributed by atoms with E-state index in [1.54, 1.807) is 12.1 Å². The third-order valence-electron chi connectivity index (χ3n) is 2.12. The molecule has 0 aliphatic heterocycles. The van der Waals surface area contributed by atoms with Crippen molar-refractivity contribution in [3.63, 3.8) is 0 Å². The van der Waals surface area contributed by atoms with Crippen molar-refractivity contribution in [3.8, 4) is 18.1 Å². The summed E-state index contributed by atoms with van der Waals surface area (Å²) < 4.78 is 5.54. The summed E-state index contributed by atoms with van der Waals surface area (Å²) in [5.74, 6) is 8.68. The van der Waals surface area contributed by atoms with E-state index < -0.39 is 0 Å². The molecule has 0 bridgehead atoms. The molecule has 1 unspecified atom stereocenters. The maximum atomic E-state index is 5.83. The molecule has 0 aliphatic rings. The number of hydrogen-bond donors (Lipinski definition) is 2. The lowest BCUT2D eigenvalue weighted by Crippen LogP contribution is -2.39. The van der Waals surface area contributed by atoms with Crippen LogP contribution < -0.4 is 16.0 Å². The van der Waals surface area contributed by atoms with Crippen molar-refractivity contribution < 1.29 is 4.74 Å². The standard InChI is InChI=1S/C12H15ClN2O/c1-2-3-6-11(15-14)9-16-12-7-4-5-10(13)8-12/h1,4-5,7-8,11,15H,3,6,9,14H2. The van der Waals surface area contributed by atoms with Gasteiger partial charge in [0.1, 0.15) is 12.4 Å². The zero-order valence-electron chi connectivity index (χ0n) is 8.95. The van der Waals surface area contributed by atoms with E-state index in [2.05, 4.69) is 11.3 Å². The van der Waals surface area contributed by atoms with Crippen molar-refractivity contribution in [1.82, 2.24) is 5.43 Å². The summed E-state index contributed by atoms with van der Waals surface area (Å²) in [6.45, 7) is 0.471. The first-order valence-corrected chi connectivity index (χ1v) is 5.42. The van der Waals surface area contributed by atoms with Crippen LogP contribution in [0.4, 0.5) is 0 Å². The Hall–Kier alpha value is -1.21. The van der Waals surface area contributed by atoms with E-state index in [1.165, 1.54) is 0 Å². The summed E-state index contributed by atoms with van der Waals surface area (Å²) in [4.78, 5) is 0. The lowest BCUT2D eigenvalue weighted by atomic mass is 10.2. The van der Waals surface area contributed by atoms with Gasteiger partial charge in [-0.2, -0.15) is 0 Å². The summed E-state index contributed by atoms with van der Waals surface area (Å²) >= 11 is 5.83. The maximum Gasteiger partial charge on any atom is 0.120 e. The number of terminal acetylenes is 1. The Morgan fingerprint density at radius 1 is 1.56 bits per heavy atom. The highest BCUT2D eigenvalue weighted by atomic mass is 35.5. The molecule has 1 rings (SSSR count). The largest absolute Gasteiger partial charge is 0.492 e. The Kier molecular flexibility index (Phi) is 5.73. The predicted molar refractivity (Wildman–Crippen MR) is 66.1 cm³/mol. The van der Waals surface area contributed by atoms with Gasteiger partial charge in [0.25, 0.3) is 0 Å². The monoisotopic (exact) mass is 238 g/mol. The highest BCUT2D eigenvalue weighted by Gasteiger charge is 2.06. The molecule has 3 nitrogen and oxygen atoms in total. The minimum atomic E-state index is 0.0510. The maximum absolute atomic E-state index is 5.83. The Bertz CT molecular complexity index is 362. The van der Waals surface area contributed by atoms with Crippen LogP contribution in [0.25, 0.3) is 0 Å². The number of benzene rings is 1. The van der Waals surface area contributed by atoms with Crippen LogP contribution in [-0.4, -0.2) is 12.6 Å². The molecule has 16 heavy (non-hydrogen) atoms. The Balaban J connectivity index is 2.40. The van der Waals surface area contributed by atoms with Gasteiger partial charge >= 0.3 is 0 Å². The van der Waals surface area contributed by atoms with Gasteiger partial charge in [0, 0.05) is 11.4 Å². The Labute approximate surface area is 101 Å². The molecule has 0 saturated carbocycles. The molecule has 0 fully saturated rings. The smallest absolute Gasteiger partial charge is 0.120 e. The van der Waals surface area contributed by atoms with Crippen LogP contribution in [0.3, 0.4) is 0 Å². The highest BCUT2D eigenvalue weighted by Crippen LogP contribution is 2.17. The summed E-state index contributed by atoms with van der Waals surface area (Å²) in [5.41, 5.74) is 2.67. The van der Waals surface area contributed by atoms with Gasteiger partial charge in [-0.15, -0.1) is 12.3 Å². The van der Waals surface area contributed by atoms with E-state index in [1.807, 2.05) is 12.1 Å². The normalized spacial score (nSPS) is 11.8. The predicted octanol–water partition coefficient (Wildman–Crippen LogP) is 1.96. The molecular weight excluding hydrogens is 224 g/mol. The number of halogens is 1. The highest BCUT2D eigenvalue weighted by molar-refractivity contribution is 6.30. The molecule has 3 N–H and O–H groups in total. The van der Waals surface area contributed by atoms with Gasteiger partial charge in [-0.1, -0.05) is 17.7 Å². The first-order chi connectivity index (χ1) is 7.76. The fraction of sp³-hybridized carbons (Fsp3) is 0.333. The molecule has 86 valence electrons. The number of nitrogens with two attached hydrogens (primary N) is 1. The second-order valence-corrected chi connectivity index (χ2v) is 3.81. The van der Waals surface area contributed by atoms with Gasteiger partial charge in [0.2, 0.25) is 0 Å². The molecule has 1 atom stereocenters. The first kappa shape index (κ1) is 12.9. The zero-order chi connectivity index (χ0) is 11.8. The minimum absolute atomic E-state index is 0.0510. The van der Waals surface area contributed by atoms with Gasteiger partial charge in [-0.3, -0.25) is 11.3 Å². The van der Waals surface area contributed by atoms with Crippen LogP contribution in [0, 0.1) is 12.3 Å². The van der Waals surface area contributed by atoms with Gasteiger partial charge < -0.3 is 4.74 Å². The van der Waals surface area contributed by atoms with E-state index >= 15 is 0 Å². The van der Waals surface area contributed by atoms with Crippen molar-refractivity contribution in [3.05, 3.63) is 29.3 Å². The molecule has 4 heteroatoms. The fourth-order valence-corrected chi connectivity index (χ4v) is 1.41. The van der Waals surface area contributed by atoms with Gasteiger partial charge in [0.15, 0.2) is 0 Å². The molecule has 0 saturated heterocycles. The van der Waals surface area contributed by atoms with Gasteiger partial charge in [-0.25, -0.2) is 0 Å². The van der Waals surface area contributed by atoms with E-state index in [0.717, 1.165) is 12.2 Å². The number of ether oxygens (including phenoxy) is 1. The summed E-state index contributed by atoms with van der Waals surface area (Å²) in [5, 5.41) is 0.651. The Morgan fingerprint density at radius 2 is 2.38 bits per heavy atom. The molecule has 0 heterocycles. The fourth-order valence-electron chi connectivity index (χ4n) is 1.23. The average molecular weight is 239 g/mol. The number of hydrogen-bond acceptors (Lipinski definition) is 3. The average Bonchev–Trinajstić information content (AvgIpc) is 2.29. The van der Waals surface area contributed by atoms with Crippen molar-refractivity contribution in [2.75, 3.05) is 6.61 Å². The third-order valence-corrected chi connectivity index (χ3v) is 2.36. The minimum Gasteiger partial charge on any atom is -0.492 e. The molecule has 1 aromatic carbocycles. The zero-order valence-corrected chi connectivity index (χ0v) is 9.70. The van der Waals surface area contributed by atoms with Gasteiger partial charge in [-0.05, 0) is 24.6 Å². The molecular formula is C12H15ClN2O. The molecule has 0 radical (unpaired) electrons. The lowest BCUT2D eigenvalue weighted by molar-refractivity contribution is 0.259. The SMILES string of the molecule is C#CCCC(COc1cccc(Cl)c1)NN. The van der Waals surface area contributed by atoms with Crippen molar-refractivity contribution in [1.29, 1.82) is 0 Å². The number of nitrogens with one attached hydrogen (secondary N) is 1. The number of rotatable bonds is 6. The molecule has 0 aromatic heterocycles. The van der Waals surface area contributed by atoms with Crippen LogP contribution in [0.1, 0.15) is 12.8 Å². The van der Waals surface area contributed by atoms with E-state index in [9.17, 15) is 0 Å². The number of hydrazine groups is 1. The van der Waals surface area contributed by atoms with E-state index in [4.69, 9.17) is 28.6 Å². The molecule has 1 aromatic rings. The first-order valence-electron chi connectivity index (χ1n) is 5.04. The van der Waals surface area contributed by atoms with Crippen LogP contribution >= 0.6 is 11.6 Å². The van der Waals surface area contributed by atoms with Gasteiger partial charge in [0.05, 0.1) is 6.04 Å². The second-order valence-electron chi connectivity index (χ2n) is 3.37. The van der Waals surface area contributed by atoms with E-state index in [-0.39, 0.29) is 6.04 Å². The quantitative estimate of drug-likeness (QED) is 0.453. The summed E-state index contributed by atoms with van der Waals surface area (Å²) in [6.07, 6.45) is 6.64. The summed E-state index contributed by atoms with van der Waals surface area (Å²) in [7, 11) is 0. The van der Waals surface area contributed by atoms with Crippen LogP contribution in [0.2, 0.25) is 5.02 Å². The topological polar surface area (TPSA) is 47.3 Å². The molecule has 0 spiro atoms. The lowest BCUT2D eigenvalue weighted by Gasteiger charge is -2.15. The third kappa shape index (κ3) is 4.54. The molecule has 0 aliphatic carbocycles. The van der Waals surface area contributed by atoms with Crippen molar-refractivity contribution in [2.45, 2.75) is 18.9 Å². The Morgan fingerprint density at radius 3 is 3.00 bits per heavy atom. The van der Waals surface area contributed by atoms with Crippen LogP contribution in [0.5, 0.6) is 5.75 Å².